The molecule has 2 saturated heterocycles. The fourth-order valence-electron chi connectivity index (χ4n) is 4.06. The van der Waals surface area contributed by atoms with Gasteiger partial charge >= 0.3 is 59.1 Å². The van der Waals surface area contributed by atoms with Gasteiger partial charge in [-0.25, -0.2) is 8.42 Å². The molecule has 0 aromatic heterocycles. The van der Waals surface area contributed by atoms with E-state index in [-0.39, 0.29) is 64.9 Å². The van der Waals surface area contributed by atoms with Crippen molar-refractivity contribution in [1.82, 2.24) is 5.32 Å². The normalized spacial score (nSPS) is 33.4. The molecular formula is C21H27NNa2O16S. The quantitative estimate of drug-likeness (QED) is 0.0916. The first-order valence-electron chi connectivity index (χ1n) is 11.3. The summed E-state index contributed by atoms with van der Waals surface area (Å²) in [5, 5.41) is 55.4. The first kappa shape index (κ1) is 38.4. The number of amides is 1. The number of carbonyl (C=O) groups excluding carboxylic acids is 2. The second-order valence-corrected chi connectivity index (χ2v) is 9.54. The van der Waals surface area contributed by atoms with Crippen molar-refractivity contribution >= 4 is 22.3 Å². The number of carbonyl (C=O) groups is 2. The smallest absolute Gasteiger partial charge is 0.726 e. The topological polar surface area (TPSA) is 263 Å². The first-order valence-corrected chi connectivity index (χ1v) is 12.6. The van der Waals surface area contributed by atoms with E-state index in [2.05, 4.69) is 9.50 Å². The van der Waals surface area contributed by atoms with Crippen molar-refractivity contribution in [3.63, 3.8) is 0 Å². The molecule has 1 amide bonds. The van der Waals surface area contributed by atoms with E-state index in [1.807, 2.05) is 0 Å². The molecule has 20 heteroatoms. The third kappa shape index (κ3) is 9.93. The SMILES string of the molecule is COc1ccc(OC2O[C@H](CO)[C@H](O[C@@H]3O[C@H](C(=O)[O-])[C@@H](O)[C@H](OS(=O)(=O)[O-])[C@H]3O)[C@H](O)[C@H]2NC(C)=O)cc1.[Na+].[Na+]. The molecule has 0 aliphatic carbocycles. The Bertz CT molecular complexity index is 1110. The van der Waals surface area contributed by atoms with Crippen LogP contribution in [-0.4, -0.2) is 120 Å². The summed E-state index contributed by atoms with van der Waals surface area (Å²) >= 11 is 0. The average molecular weight is 627 g/mol. The maximum Gasteiger partial charge on any atom is 1.00 e. The summed E-state index contributed by atoms with van der Waals surface area (Å²) in [7, 11) is -4.12. The van der Waals surface area contributed by atoms with E-state index in [9.17, 15) is 48.1 Å². The van der Waals surface area contributed by atoms with Gasteiger partial charge in [0.25, 0.3) is 0 Å². The number of nitrogens with one attached hydrogen (secondary N) is 1. The monoisotopic (exact) mass is 627 g/mol. The zero-order chi connectivity index (χ0) is 29.1. The van der Waals surface area contributed by atoms with Crippen LogP contribution in [0.5, 0.6) is 11.5 Å². The Hall–Kier alpha value is -0.650. The van der Waals surface area contributed by atoms with E-state index < -0.39 is 90.2 Å². The Balaban J connectivity index is 0.00000420. The number of aliphatic hydroxyl groups is 4. The van der Waals surface area contributed by atoms with Crippen LogP contribution in [0.3, 0.4) is 0 Å². The maximum atomic E-state index is 11.9. The summed E-state index contributed by atoms with van der Waals surface area (Å²) in [6.07, 6.45) is -17.9. The molecule has 2 fully saturated rings. The minimum Gasteiger partial charge on any atom is -0.726 e. The van der Waals surface area contributed by atoms with Crippen molar-refractivity contribution in [1.29, 1.82) is 0 Å². The summed E-state index contributed by atoms with van der Waals surface area (Å²) in [5.41, 5.74) is 0. The molecule has 1 unspecified atom stereocenters. The zero-order valence-electron chi connectivity index (χ0n) is 22.4. The Morgan fingerprint density at radius 3 is 2.05 bits per heavy atom. The van der Waals surface area contributed by atoms with Gasteiger partial charge in [-0.15, -0.1) is 0 Å². The largest absolute Gasteiger partial charge is 1.00 e. The predicted octanol–water partition coefficient (Wildman–Crippen LogP) is -10.9. The van der Waals surface area contributed by atoms with Crippen LogP contribution in [0.15, 0.2) is 24.3 Å². The minimum absolute atomic E-state index is 0. The number of aliphatic carboxylic acids is 1. The third-order valence-electron chi connectivity index (χ3n) is 5.83. The van der Waals surface area contributed by atoms with Crippen LogP contribution in [0.1, 0.15) is 6.92 Å². The van der Waals surface area contributed by atoms with E-state index in [4.69, 9.17) is 23.7 Å². The van der Waals surface area contributed by atoms with Gasteiger partial charge < -0.3 is 63.9 Å². The fourth-order valence-corrected chi connectivity index (χ4v) is 4.56. The second-order valence-electron chi connectivity index (χ2n) is 8.53. The predicted molar refractivity (Wildman–Crippen MR) is 118 cm³/mol. The van der Waals surface area contributed by atoms with Crippen molar-refractivity contribution < 1.29 is 135 Å². The van der Waals surface area contributed by atoms with E-state index >= 15 is 0 Å². The van der Waals surface area contributed by atoms with Gasteiger partial charge in [-0.3, -0.25) is 8.98 Å². The average Bonchev–Trinajstić information content (AvgIpc) is 2.86. The Labute approximate surface area is 278 Å². The molecule has 220 valence electrons. The van der Waals surface area contributed by atoms with Gasteiger partial charge in [0.05, 0.1) is 19.7 Å². The Morgan fingerprint density at radius 1 is 0.976 bits per heavy atom. The number of methoxy groups -OCH3 is 1. The van der Waals surface area contributed by atoms with Crippen molar-refractivity contribution in [2.75, 3.05) is 13.7 Å². The number of hydrogen-bond acceptors (Lipinski definition) is 16. The Morgan fingerprint density at radius 2 is 1.56 bits per heavy atom. The molecule has 2 aliphatic heterocycles. The van der Waals surface area contributed by atoms with Crippen molar-refractivity contribution in [3.05, 3.63) is 24.3 Å². The van der Waals surface area contributed by atoms with Gasteiger partial charge in [0, 0.05) is 6.92 Å². The molecule has 2 heterocycles. The van der Waals surface area contributed by atoms with Gasteiger partial charge in [0.2, 0.25) is 22.6 Å². The molecule has 3 rings (SSSR count). The van der Waals surface area contributed by atoms with Crippen LogP contribution in [0.2, 0.25) is 0 Å². The van der Waals surface area contributed by atoms with Gasteiger partial charge in [-0.05, 0) is 24.3 Å². The Kier molecular flexibility index (Phi) is 15.4. The van der Waals surface area contributed by atoms with Crippen LogP contribution in [-0.2, 0) is 38.4 Å². The van der Waals surface area contributed by atoms with Gasteiger partial charge in [-0.1, -0.05) is 0 Å². The van der Waals surface area contributed by atoms with Crippen molar-refractivity contribution in [2.45, 2.75) is 68.3 Å². The van der Waals surface area contributed by atoms with Gasteiger partial charge in [0.1, 0.15) is 60.3 Å². The van der Waals surface area contributed by atoms with Crippen molar-refractivity contribution in [2.24, 2.45) is 0 Å². The van der Waals surface area contributed by atoms with Crippen LogP contribution in [0, 0.1) is 0 Å². The molecular weight excluding hydrogens is 600 g/mol. The standard InChI is InChI=1S/C21H29NO16S.2Na/c1-8(24)22-12-13(25)16(11(7-23)35-20(12)34-10-5-3-9(33-2)4-6-10)36-21-15(27)17(38-39(30,31)32)14(26)18(37-21)19(28)29;;/h3-6,11-18,20-21,23,25-27H,7H2,1-2H3,(H,22,24)(H,28,29)(H,30,31,32);;/q;2*+1/p-2/t11-,12-,13-,14+,15-,16+,17+,18+,20?,21-;;/m1../s1. The van der Waals surface area contributed by atoms with Crippen molar-refractivity contribution in [3.8, 4) is 11.5 Å². The maximum absolute atomic E-state index is 11.9. The van der Waals surface area contributed by atoms with Crippen LogP contribution in [0.4, 0.5) is 0 Å². The number of aliphatic hydroxyl groups excluding tert-OH is 4. The van der Waals surface area contributed by atoms with E-state index in [1.165, 1.54) is 19.2 Å². The zero-order valence-corrected chi connectivity index (χ0v) is 27.2. The summed E-state index contributed by atoms with van der Waals surface area (Å²) in [5.74, 6) is -2.00. The number of ether oxygens (including phenoxy) is 5. The number of carboxylic acid groups (broad SMARTS) is 1. The van der Waals surface area contributed by atoms with Gasteiger partial charge in [0.15, 0.2) is 6.29 Å². The number of rotatable bonds is 10. The summed E-state index contributed by atoms with van der Waals surface area (Å²) in [6.45, 7) is 0.275. The molecule has 0 saturated carbocycles. The molecule has 41 heavy (non-hydrogen) atoms. The van der Waals surface area contributed by atoms with Crippen LogP contribution < -0.4 is 79.0 Å². The molecule has 0 bridgehead atoms. The van der Waals surface area contributed by atoms with Gasteiger partial charge in [-0.2, -0.15) is 0 Å². The summed E-state index contributed by atoms with van der Waals surface area (Å²) in [6, 6.07) is 4.73. The minimum atomic E-state index is -5.57. The molecule has 1 aromatic rings. The molecule has 5 N–H and O–H groups in total. The molecule has 10 atom stereocenters. The third-order valence-corrected chi connectivity index (χ3v) is 6.29. The fraction of sp³-hybridized carbons (Fsp3) is 0.619. The number of carboxylic acids is 1. The second kappa shape index (κ2) is 16.4. The van der Waals surface area contributed by atoms with E-state index in [0.29, 0.717) is 5.75 Å². The molecule has 0 spiro atoms. The first-order chi connectivity index (χ1) is 18.2. The van der Waals surface area contributed by atoms with E-state index in [1.54, 1.807) is 12.1 Å². The molecule has 2 aliphatic rings. The number of hydrogen-bond donors (Lipinski definition) is 5. The number of benzene rings is 1. The molecule has 0 radical (unpaired) electrons. The van der Waals surface area contributed by atoms with E-state index in [0.717, 1.165) is 6.92 Å². The van der Waals surface area contributed by atoms with Crippen LogP contribution >= 0.6 is 0 Å². The summed E-state index contributed by atoms with van der Waals surface area (Å²) < 4.78 is 64.3. The molecule has 17 nitrogen and oxygen atoms in total. The molecule has 1 aromatic carbocycles. The van der Waals surface area contributed by atoms with Crippen LogP contribution in [0.25, 0.3) is 0 Å². The summed E-state index contributed by atoms with van der Waals surface area (Å²) in [4.78, 5) is 23.3.